The highest BCUT2D eigenvalue weighted by atomic mass is 16.5. The van der Waals surface area contributed by atoms with E-state index in [2.05, 4.69) is 9.88 Å². The molecule has 2 fully saturated rings. The summed E-state index contributed by atoms with van der Waals surface area (Å²) in [4.78, 5) is 32.2. The van der Waals surface area contributed by atoms with Crippen LogP contribution in [0.5, 0.6) is 0 Å². The standard InChI is InChI=1S/C17H25N3O5/c1-2-24-10-15(21)20-5-3-4-17(16(22)23)11-19(7-13(17)8-20)9-14-6-18-12-25-14/h6,12-13H,2-5,7-11H2,1H3,(H,22,23)/t13-,17+/m0/s1. The fourth-order valence-corrected chi connectivity index (χ4v) is 4.05. The number of oxazole rings is 1. The fourth-order valence-electron chi connectivity index (χ4n) is 4.05. The molecule has 8 heteroatoms. The molecule has 0 bridgehead atoms. The molecule has 25 heavy (non-hydrogen) atoms. The van der Waals surface area contributed by atoms with Gasteiger partial charge in [-0.3, -0.25) is 14.5 Å². The van der Waals surface area contributed by atoms with E-state index >= 15 is 0 Å². The van der Waals surface area contributed by atoms with E-state index in [0.717, 1.165) is 5.76 Å². The van der Waals surface area contributed by atoms with Gasteiger partial charge in [-0.25, -0.2) is 4.98 Å². The summed E-state index contributed by atoms with van der Waals surface area (Å²) in [6.07, 6.45) is 4.30. The van der Waals surface area contributed by atoms with Crippen molar-refractivity contribution < 1.29 is 23.8 Å². The molecule has 0 unspecified atom stereocenters. The Bertz CT molecular complexity index is 605. The molecule has 1 N–H and O–H groups in total. The van der Waals surface area contributed by atoms with Crippen LogP contribution >= 0.6 is 0 Å². The maximum atomic E-state index is 12.3. The number of ether oxygens (including phenoxy) is 1. The predicted octanol–water partition coefficient (Wildman–Crippen LogP) is 0.836. The molecule has 3 heterocycles. The Balaban J connectivity index is 1.73. The lowest BCUT2D eigenvalue weighted by Crippen LogP contribution is -2.43. The first kappa shape index (κ1) is 17.9. The number of aliphatic carboxylic acids is 1. The highest BCUT2D eigenvalue weighted by molar-refractivity contribution is 5.79. The second-order valence-electron chi connectivity index (χ2n) is 6.88. The van der Waals surface area contributed by atoms with Gasteiger partial charge < -0.3 is 19.2 Å². The van der Waals surface area contributed by atoms with Crippen LogP contribution in [0, 0.1) is 11.3 Å². The summed E-state index contributed by atoms with van der Waals surface area (Å²) in [7, 11) is 0. The number of hydrogen-bond acceptors (Lipinski definition) is 6. The fraction of sp³-hybridized carbons (Fsp3) is 0.706. The molecule has 2 aliphatic rings. The molecule has 1 amide bonds. The Kier molecular flexibility index (Phi) is 5.39. The minimum atomic E-state index is -0.805. The Morgan fingerprint density at radius 1 is 1.48 bits per heavy atom. The lowest BCUT2D eigenvalue weighted by atomic mass is 9.75. The van der Waals surface area contributed by atoms with Gasteiger partial charge in [-0.2, -0.15) is 0 Å². The zero-order valence-corrected chi connectivity index (χ0v) is 14.5. The number of hydrogen-bond donors (Lipinski definition) is 1. The van der Waals surface area contributed by atoms with Crippen molar-refractivity contribution in [3.05, 3.63) is 18.4 Å². The molecule has 0 aromatic carbocycles. The van der Waals surface area contributed by atoms with Gasteiger partial charge in [0.2, 0.25) is 5.91 Å². The number of carboxylic acid groups (broad SMARTS) is 1. The second-order valence-corrected chi connectivity index (χ2v) is 6.88. The van der Waals surface area contributed by atoms with Gasteiger partial charge >= 0.3 is 5.97 Å². The maximum Gasteiger partial charge on any atom is 0.311 e. The van der Waals surface area contributed by atoms with Crippen molar-refractivity contribution in [2.45, 2.75) is 26.3 Å². The molecule has 8 nitrogen and oxygen atoms in total. The Morgan fingerprint density at radius 2 is 2.32 bits per heavy atom. The summed E-state index contributed by atoms with van der Waals surface area (Å²) in [5, 5.41) is 9.94. The van der Waals surface area contributed by atoms with Crippen LogP contribution in [-0.4, -0.2) is 71.2 Å². The minimum Gasteiger partial charge on any atom is -0.481 e. The summed E-state index contributed by atoms with van der Waals surface area (Å²) in [6.45, 7) is 5.11. The zero-order chi connectivity index (χ0) is 17.9. The van der Waals surface area contributed by atoms with Crippen molar-refractivity contribution in [3.8, 4) is 0 Å². The van der Waals surface area contributed by atoms with Gasteiger partial charge in [0.25, 0.3) is 0 Å². The molecule has 2 atom stereocenters. The third-order valence-electron chi connectivity index (χ3n) is 5.33. The lowest BCUT2D eigenvalue weighted by molar-refractivity contribution is -0.151. The quantitative estimate of drug-likeness (QED) is 0.811. The molecule has 138 valence electrons. The van der Waals surface area contributed by atoms with Crippen LogP contribution < -0.4 is 0 Å². The number of likely N-dealkylation sites (tertiary alicyclic amines) is 2. The third kappa shape index (κ3) is 3.69. The number of aromatic nitrogens is 1. The van der Waals surface area contributed by atoms with Crippen molar-refractivity contribution in [2.75, 3.05) is 39.4 Å². The first-order valence-electron chi connectivity index (χ1n) is 8.74. The van der Waals surface area contributed by atoms with Gasteiger partial charge in [0.05, 0.1) is 18.2 Å². The molecule has 0 radical (unpaired) electrons. The van der Waals surface area contributed by atoms with Crippen molar-refractivity contribution in [1.29, 1.82) is 0 Å². The second kappa shape index (κ2) is 7.53. The zero-order valence-electron chi connectivity index (χ0n) is 14.5. The van der Waals surface area contributed by atoms with Crippen LogP contribution in [0.25, 0.3) is 0 Å². The molecule has 1 aromatic rings. The SMILES string of the molecule is CCOCC(=O)N1CCC[C@@]2(C(=O)O)CN(Cc3cnco3)C[C@H]2C1. The normalized spacial score (nSPS) is 27.1. The molecule has 2 saturated heterocycles. The number of carbonyl (C=O) groups excluding carboxylic acids is 1. The van der Waals surface area contributed by atoms with E-state index in [0.29, 0.717) is 52.2 Å². The number of fused-ring (bicyclic) bond motifs is 1. The maximum absolute atomic E-state index is 12.3. The number of amides is 1. The van der Waals surface area contributed by atoms with Crippen LogP contribution in [0.3, 0.4) is 0 Å². The largest absolute Gasteiger partial charge is 0.481 e. The van der Waals surface area contributed by atoms with E-state index in [1.807, 2.05) is 6.92 Å². The van der Waals surface area contributed by atoms with Crippen LogP contribution in [0.1, 0.15) is 25.5 Å². The molecule has 0 aliphatic carbocycles. The summed E-state index contributed by atoms with van der Waals surface area (Å²) in [5.74, 6) is -0.198. The summed E-state index contributed by atoms with van der Waals surface area (Å²) in [5.41, 5.74) is -0.805. The van der Waals surface area contributed by atoms with Gasteiger partial charge in [-0.05, 0) is 19.8 Å². The van der Waals surface area contributed by atoms with Crippen molar-refractivity contribution >= 4 is 11.9 Å². The van der Waals surface area contributed by atoms with Gasteiger partial charge in [-0.1, -0.05) is 0 Å². The van der Waals surface area contributed by atoms with E-state index in [4.69, 9.17) is 9.15 Å². The highest BCUT2D eigenvalue weighted by Crippen LogP contribution is 2.43. The molecular formula is C17H25N3O5. The van der Waals surface area contributed by atoms with Gasteiger partial charge in [0.15, 0.2) is 6.39 Å². The number of rotatable bonds is 6. The van der Waals surface area contributed by atoms with Gasteiger partial charge in [0, 0.05) is 38.7 Å². The summed E-state index contributed by atoms with van der Waals surface area (Å²) in [6, 6.07) is 0. The summed E-state index contributed by atoms with van der Waals surface area (Å²) >= 11 is 0. The van der Waals surface area contributed by atoms with Crippen LogP contribution in [0.4, 0.5) is 0 Å². The first-order chi connectivity index (χ1) is 12.0. The van der Waals surface area contributed by atoms with Gasteiger partial charge in [0.1, 0.15) is 12.4 Å². The summed E-state index contributed by atoms with van der Waals surface area (Å²) < 4.78 is 10.5. The Hall–Kier alpha value is -1.93. The van der Waals surface area contributed by atoms with Crippen LogP contribution in [-0.2, 0) is 20.9 Å². The number of carboxylic acids is 1. The van der Waals surface area contributed by atoms with E-state index in [9.17, 15) is 14.7 Å². The van der Waals surface area contributed by atoms with Gasteiger partial charge in [-0.15, -0.1) is 0 Å². The average molecular weight is 351 g/mol. The van der Waals surface area contributed by atoms with E-state index in [1.54, 1.807) is 11.1 Å². The monoisotopic (exact) mass is 351 g/mol. The molecular weight excluding hydrogens is 326 g/mol. The Morgan fingerprint density at radius 3 is 3.00 bits per heavy atom. The molecule has 3 rings (SSSR count). The number of nitrogens with zero attached hydrogens (tertiary/aromatic N) is 3. The van der Waals surface area contributed by atoms with Crippen molar-refractivity contribution in [1.82, 2.24) is 14.8 Å². The lowest BCUT2D eigenvalue weighted by Gasteiger charge is -2.29. The average Bonchev–Trinajstić information content (AvgIpc) is 3.17. The Labute approximate surface area is 146 Å². The highest BCUT2D eigenvalue weighted by Gasteiger charge is 2.53. The van der Waals surface area contributed by atoms with Crippen LogP contribution in [0.2, 0.25) is 0 Å². The van der Waals surface area contributed by atoms with Crippen molar-refractivity contribution in [3.63, 3.8) is 0 Å². The van der Waals surface area contributed by atoms with E-state index < -0.39 is 11.4 Å². The number of carbonyl (C=O) groups is 2. The van der Waals surface area contributed by atoms with Crippen molar-refractivity contribution in [2.24, 2.45) is 11.3 Å². The topological polar surface area (TPSA) is 96.1 Å². The third-order valence-corrected chi connectivity index (χ3v) is 5.33. The predicted molar refractivity (Wildman–Crippen MR) is 87.6 cm³/mol. The minimum absolute atomic E-state index is 0.0586. The van der Waals surface area contributed by atoms with E-state index in [-0.39, 0.29) is 18.4 Å². The molecule has 0 spiro atoms. The molecule has 0 saturated carbocycles. The molecule has 1 aromatic heterocycles. The first-order valence-corrected chi connectivity index (χ1v) is 8.74. The van der Waals surface area contributed by atoms with E-state index in [1.165, 1.54) is 6.39 Å². The van der Waals surface area contributed by atoms with Crippen LogP contribution in [0.15, 0.2) is 17.0 Å². The molecule has 2 aliphatic heterocycles. The smallest absolute Gasteiger partial charge is 0.311 e.